The summed E-state index contributed by atoms with van der Waals surface area (Å²) in [6.07, 6.45) is 7.91. The minimum Gasteiger partial charge on any atom is -0.335 e. The Morgan fingerprint density at radius 3 is 2.95 bits per heavy atom. The van der Waals surface area contributed by atoms with Gasteiger partial charge in [-0.05, 0) is 50.8 Å². The number of hydrogen-bond acceptors (Lipinski definition) is 3. The molecule has 1 N–H and O–H groups in total. The summed E-state index contributed by atoms with van der Waals surface area (Å²) in [6, 6.07) is 4.92. The van der Waals surface area contributed by atoms with Crippen molar-refractivity contribution in [3.8, 4) is 0 Å². The first kappa shape index (κ1) is 13.6. The first-order valence-electron chi connectivity index (χ1n) is 7.67. The molecule has 1 aliphatic heterocycles. The van der Waals surface area contributed by atoms with Crippen molar-refractivity contribution in [3.05, 3.63) is 30.1 Å². The van der Waals surface area contributed by atoms with Crippen LogP contribution in [0.15, 0.2) is 24.5 Å². The van der Waals surface area contributed by atoms with Crippen molar-refractivity contribution in [1.82, 2.24) is 15.2 Å². The summed E-state index contributed by atoms with van der Waals surface area (Å²) in [4.78, 5) is 19.1. The number of carbonyl (C=O) groups excluding carboxylic acids is 1. The van der Waals surface area contributed by atoms with Gasteiger partial charge in [0.1, 0.15) is 0 Å². The third-order valence-electron chi connectivity index (χ3n) is 4.32. The first-order valence-corrected chi connectivity index (χ1v) is 7.67. The maximum atomic E-state index is 12.8. The number of piperidine rings is 1. The number of nitrogens with zero attached hydrogens (tertiary/aromatic N) is 2. The number of pyridine rings is 1. The molecule has 1 aromatic rings. The third-order valence-corrected chi connectivity index (χ3v) is 4.32. The summed E-state index contributed by atoms with van der Waals surface area (Å²) in [6.45, 7) is 3.85. The molecule has 4 heteroatoms. The van der Waals surface area contributed by atoms with Gasteiger partial charge in [-0.1, -0.05) is 6.07 Å². The van der Waals surface area contributed by atoms with Gasteiger partial charge in [0.25, 0.3) is 0 Å². The van der Waals surface area contributed by atoms with Gasteiger partial charge in [0, 0.05) is 36.9 Å². The predicted octanol–water partition coefficient (Wildman–Crippen LogP) is 1.96. The zero-order chi connectivity index (χ0) is 13.9. The van der Waals surface area contributed by atoms with Crippen LogP contribution in [0.4, 0.5) is 0 Å². The fraction of sp³-hybridized carbons (Fsp3) is 0.625. The molecule has 1 aliphatic carbocycles. The van der Waals surface area contributed by atoms with Gasteiger partial charge in [0.2, 0.25) is 5.91 Å². The van der Waals surface area contributed by atoms with Crippen LogP contribution in [0, 0.1) is 5.92 Å². The second-order valence-corrected chi connectivity index (χ2v) is 6.14. The fourth-order valence-electron chi connectivity index (χ4n) is 3.05. The third kappa shape index (κ3) is 3.18. The van der Waals surface area contributed by atoms with Crippen molar-refractivity contribution in [2.45, 2.75) is 51.2 Å². The molecule has 1 amide bonds. The highest BCUT2D eigenvalue weighted by atomic mass is 16.2. The van der Waals surface area contributed by atoms with E-state index < -0.39 is 0 Å². The standard InChI is InChI=1S/C16H23N3O/c1-12-9-14(6-8-18-12)16(20)19(15-4-5-15)11-13-3-2-7-17-10-13/h2-3,7,10,12,14-15,18H,4-6,8-9,11H2,1H3/t12-,14-/m0/s1. The van der Waals surface area contributed by atoms with Gasteiger partial charge < -0.3 is 10.2 Å². The maximum Gasteiger partial charge on any atom is 0.226 e. The van der Waals surface area contributed by atoms with Crippen molar-refractivity contribution < 1.29 is 4.79 Å². The lowest BCUT2D eigenvalue weighted by Gasteiger charge is -2.32. The topological polar surface area (TPSA) is 45.2 Å². The lowest BCUT2D eigenvalue weighted by Crippen LogP contribution is -2.44. The van der Waals surface area contributed by atoms with E-state index in [1.807, 2.05) is 12.3 Å². The molecule has 2 aliphatic rings. The predicted molar refractivity (Wildman–Crippen MR) is 78.0 cm³/mol. The second-order valence-electron chi connectivity index (χ2n) is 6.14. The molecule has 4 nitrogen and oxygen atoms in total. The SMILES string of the molecule is C[C@H]1C[C@@H](C(=O)N(Cc2cccnc2)C2CC2)CCN1. The van der Waals surface area contributed by atoms with Crippen LogP contribution in [0.3, 0.4) is 0 Å². The Bertz CT molecular complexity index is 458. The molecule has 20 heavy (non-hydrogen) atoms. The molecule has 2 fully saturated rings. The molecule has 0 spiro atoms. The number of aromatic nitrogens is 1. The van der Waals surface area contributed by atoms with Crippen molar-refractivity contribution in [2.75, 3.05) is 6.54 Å². The van der Waals surface area contributed by atoms with E-state index in [2.05, 4.69) is 28.2 Å². The molecule has 1 saturated heterocycles. The Morgan fingerprint density at radius 1 is 1.45 bits per heavy atom. The smallest absolute Gasteiger partial charge is 0.226 e. The Balaban J connectivity index is 1.68. The zero-order valence-electron chi connectivity index (χ0n) is 12.1. The highest BCUT2D eigenvalue weighted by molar-refractivity contribution is 5.79. The number of amides is 1. The quantitative estimate of drug-likeness (QED) is 0.912. The summed E-state index contributed by atoms with van der Waals surface area (Å²) in [5.41, 5.74) is 1.13. The molecule has 0 unspecified atom stereocenters. The van der Waals surface area contributed by atoms with Gasteiger partial charge in [-0.25, -0.2) is 0 Å². The molecule has 0 bridgehead atoms. The van der Waals surface area contributed by atoms with Crippen LogP contribution in [-0.2, 0) is 11.3 Å². The first-order chi connectivity index (χ1) is 9.74. The van der Waals surface area contributed by atoms with Gasteiger partial charge in [0.15, 0.2) is 0 Å². The van der Waals surface area contributed by atoms with E-state index in [4.69, 9.17) is 0 Å². The van der Waals surface area contributed by atoms with Crippen LogP contribution in [0.2, 0.25) is 0 Å². The summed E-state index contributed by atoms with van der Waals surface area (Å²) in [5.74, 6) is 0.549. The lowest BCUT2D eigenvalue weighted by atomic mass is 9.92. The van der Waals surface area contributed by atoms with E-state index in [1.165, 1.54) is 0 Å². The van der Waals surface area contributed by atoms with Gasteiger partial charge in [-0.3, -0.25) is 9.78 Å². The largest absolute Gasteiger partial charge is 0.335 e. The normalized spacial score (nSPS) is 26.2. The Morgan fingerprint density at radius 2 is 2.30 bits per heavy atom. The monoisotopic (exact) mass is 273 g/mol. The van der Waals surface area contributed by atoms with Gasteiger partial charge in [-0.2, -0.15) is 0 Å². The Labute approximate surface area is 120 Å². The molecule has 1 saturated carbocycles. The van der Waals surface area contributed by atoms with Crippen LogP contribution in [-0.4, -0.2) is 34.4 Å². The molecular weight excluding hydrogens is 250 g/mol. The molecule has 3 rings (SSSR count). The molecule has 108 valence electrons. The average molecular weight is 273 g/mol. The average Bonchev–Trinajstić information content (AvgIpc) is 3.30. The minimum absolute atomic E-state index is 0.198. The highest BCUT2D eigenvalue weighted by Gasteiger charge is 2.36. The maximum absolute atomic E-state index is 12.8. The summed E-state index contributed by atoms with van der Waals surface area (Å²) < 4.78 is 0. The Kier molecular flexibility index (Phi) is 4.01. The summed E-state index contributed by atoms with van der Waals surface area (Å²) in [5, 5.41) is 3.42. The number of nitrogens with one attached hydrogen (secondary N) is 1. The van der Waals surface area contributed by atoms with Gasteiger partial charge in [0.05, 0.1) is 0 Å². The van der Waals surface area contributed by atoms with E-state index in [9.17, 15) is 4.79 Å². The molecule has 2 heterocycles. The molecule has 0 aromatic carbocycles. The summed E-state index contributed by atoms with van der Waals surface area (Å²) >= 11 is 0. The van der Waals surface area contributed by atoms with Crippen LogP contribution in [0.25, 0.3) is 0 Å². The summed E-state index contributed by atoms with van der Waals surface area (Å²) in [7, 11) is 0. The molecule has 1 aromatic heterocycles. The number of carbonyl (C=O) groups is 1. The van der Waals surface area contributed by atoms with Crippen molar-refractivity contribution in [2.24, 2.45) is 5.92 Å². The van der Waals surface area contributed by atoms with Gasteiger partial charge in [-0.15, -0.1) is 0 Å². The minimum atomic E-state index is 0.198. The van der Waals surface area contributed by atoms with Crippen molar-refractivity contribution >= 4 is 5.91 Å². The zero-order valence-corrected chi connectivity index (χ0v) is 12.1. The van der Waals surface area contributed by atoms with E-state index in [-0.39, 0.29) is 5.92 Å². The van der Waals surface area contributed by atoms with Crippen LogP contribution < -0.4 is 5.32 Å². The fourth-order valence-corrected chi connectivity index (χ4v) is 3.05. The Hall–Kier alpha value is -1.42. The number of rotatable bonds is 4. The van der Waals surface area contributed by atoms with Crippen molar-refractivity contribution in [3.63, 3.8) is 0 Å². The number of hydrogen-bond donors (Lipinski definition) is 1. The van der Waals surface area contributed by atoms with Crippen LogP contribution >= 0.6 is 0 Å². The van der Waals surface area contributed by atoms with Crippen molar-refractivity contribution in [1.29, 1.82) is 0 Å². The van der Waals surface area contributed by atoms with E-state index in [0.29, 0.717) is 18.0 Å². The van der Waals surface area contributed by atoms with E-state index in [0.717, 1.165) is 44.3 Å². The van der Waals surface area contributed by atoms with Crippen LogP contribution in [0.1, 0.15) is 38.2 Å². The van der Waals surface area contributed by atoms with Gasteiger partial charge >= 0.3 is 0 Å². The molecule has 0 radical (unpaired) electrons. The highest BCUT2D eigenvalue weighted by Crippen LogP contribution is 2.31. The second kappa shape index (κ2) is 5.92. The molecule has 2 atom stereocenters. The van der Waals surface area contributed by atoms with Crippen LogP contribution in [0.5, 0.6) is 0 Å². The van der Waals surface area contributed by atoms with E-state index in [1.54, 1.807) is 6.20 Å². The lowest BCUT2D eigenvalue weighted by molar-refractivity contribution is -0.138. The van der Waals surface area contributed by atoms with E-state index >= 15 is 0 Å². The molecular formula is C16H23N3O.